The van der Waals surface area contributed by atoms with Gasteiger partial charge in [0.1, 0.15) is 5.69 Å². The highest BCUT2D eigenvalue weighted by Crippen LogP contribution is 2.38. The van der Waals surface area contributed by atoms with Crippen LogP contribution >= 0.6 is 11.6 Å². The number of pyridine rings is 1. The van der Waals surface area contributed by atoms with E-state index in [-0.39, 0.29) is 36.2 Å². The molecule has 0 fully saturated rings. The van der Waals surface area contributed by atoms with E-state index in [0.29, 0.717) is 11.1 Å². The predicted octanol–water partition coefficient (Wildman–Crippen LogP) is 4.91. The molecule has 0 N–H and O–H groups in total. The second-order valence-corrected chi connectivity index (χ2v) is 8.09. The van der Waals surface area contributed by atoms with Crippen LogP contribution < -0.4 is 4.90 Å². The Bertz CT molecular complexity index is 1220. The molecule has 0 unspecified atom stereocenters. The van der Waals surface area contributed by atoms with Gasteiger partial charge in [0, 0.05) is 42.2 Å². The third-order valence-electron chi connectivity index (χ3n) is 5.44. The van der Waals surface area contributed by atoms with E-state index in [1.165, 1.54) is 23.4 Å². The molecule has 0 aliphatic carbocycles. The molecule has 1 aromatic carbocycles. The largest absolute Gasteiger partial charge is 0.417 e. The number of Topliss-reactive ketones (excluding diaryl/α,β-unsaturated/α-hetero) is 1. The minimum atomic E-state index is -4.59. The first kappa shape index (κ1) is 22.0. The van der Waals surface area contributed by atoms with Crippen LogP contribution in [-0.4, -0.2) is 33.0 Å². The molecule has 0 saturated heterocycles. The van der Waals surface area contributed by atoms with Crippen LogP contribution in [0.4, 0.5) is 18.9 Å². The van der Waals surface area contributed by atoms with Crippen molar-refractivity contribution in [3.05, 3.63) is 75.8 Å². The number of anilines is 1. The van der Waals surface area contributed by atoms with Gasteiger partial charge in [0.15, 0.2) is 5.78 Å². The number of amides is 1. The molecule has 6 nitrogen and oxygen atoms in total. The lowest BCUT2D eigenvalue weighted by Crippen LogP contribution is -2.43. The maximum Gasteiger partial charge on any atom is 0.417 e. The van der Waals surface area contributed by atoms with Gasteiger partial charge in [-0.2, -0.15) is 18.3 Å². The zero-order chi connectivity index (χ0) is 23.2. The highest BCUT2D eigenvalue weighted by Gasteiger charge is 2.36. The third-order valence-corrected chi connectivity index (χ3v) is 5.76. The lowest BCUT2D eigenvalue weighted by Gasteiger charge is -2.32. The van der Waals surface area contributed by atoms with Crippen molar-refractivity contribution in [2.24, 2.45) is 0 Å². The maximum absolute atomic E-state index is 13.3. The van der Waals surface area contributed by atoms with Crippen molar-refractivity contribution in [2.75, 3.05) is 11.4 Å². The lowest BCUT2D eigenvalue weighted by molar-refractivity contribution is -0.137. The van der Waals surface area contributed by atoms with E-state index in [1.54, 1.807) is 23.9 Å². The van der Waals surface area contributed by atoms with Gasteiger partial charge in [-0.05, 0) is 43.7 Å². The molecule has 3 heterocycles. The van der Waals surface area contributed by atoms with Gasteiger partial charge in [-0.25, -0.2) is 0 Å². The Morgan fingerprint density at radius 2 is 2.00 bits per heavy atom. The van der Waals surface area contributed by atoms with Crippen molar-refractivity contribution in [3.63, 3.8) is 0 Å². The van der Waals surface area contributed by atoms with Crippen LogP contribution in [0.25, 0.3) is 0 Å². The number of benzene rings is 1. The number of aromatic nitrogens is 3. The summed E-state index contributed by atoms with van der Waals surface area (Å²) in [6, 6.07) is 4.67. The molecule has 4 rings (SSSR count). The number of alkyl halides is 3. The normalized spacial score (nSPS) is 16.2. The van der Waals surface area contributed by atoms with Crippen LogP contribution in [0.5, 0.6) is 0 Å². The van der Waals surface area contributed by atoms with Crippen molar-refractivity contribution in [1.29, 1.82) is 0 Å². The van der Waals surface area contributed by atoms with E-state index in [0.717, 1.165) is 17.7 Å². The average molecular weight is 463 g/mol. The zero-order valence-corrected chi connectivity index (χ0v) is 17.9. The van der Waals surface area contributed by atoms with Crippen LogP contribution in [0.15, 0.2) is 42.9 Å². The SMILES string of the molecule is Cc1ccncc1C(=O)Cc1cnn2c1C(=O)N(c1ccc(C(F)(F)F)c(Cl)c1)C[C@@H]2C. The molecule has 32 heavy (non-hydrogen) atoms. The highest BCUT2D eigenvalue weighted by atomic mass is 35.5. The van der Waals surface area contributed by atoms with E-state index < -0.39 is 22.7 Å². The first-order chi connectivity index (χ1) is 15.1. The van der Waals surface area contributed by atoms with Gasteiger partial charge in [-0.15, -0.1) is 0 Å². The smallest absolute Gasteiger partial charge is 0.305 e. The fourth-order valence-electron chi connectivity index (χ4n) is 3.80. The van der Waals surface area contributed by atoms with Crippen LogP contribution in [0.1, 0.15) is 50.5 Å². The van der Waals surface area contributed by atoms with E-state index in [4.69, 9.17) is 11.6 Å². The van der Waals surface area contributed by atoms with Crippen LogP contribution in [0.3, 0.4) is 0 Å². The summed E-state index contributed by atoms with van der Waals surface area (Å²) in [6.07, 6.45) is -0.0926. The van der Waals surface area contributed by atoms with Gasteiger partial charge in [-0.3, -0.25) is 19.3 Å². The van der Waals surface area contributed by atoms with Crippen molar-refractivity contribution < 1.29 is 22.8 Å². The first-order valence-corrected chi connectivity index (χ1v) is 10.1. The predicted molar refractivity (Wildman–Crippen MR) is 112 cm³/mol. The second kappa shape index (κ2) is 8.05. The Hall–Kier alpha value is -3.20. The molecule has 1 amide bonds. The van der Waals surface area contributed by atoms with Crippen LogP contribution in [-0.2, 0) is 12.6 Å². The highest BCUT2D eigenvalue weighted by molar-refractivity contribution is 6.31. The summed E-state index contributed by atoms with van der Waals surface area (Å²) in [5.74, 6) is -0.663. The Morgan fingerprint density at radius 3 is 2.66 bits per heavy atom. The van der Waals surface area contributed by atoms with Gasteiger partial charge in [0.2, 0.25) is 0 Å². The number of nitrogens with zero attached hydrogens (tertiary/aromatic N) is 4. The molecule has 0 radical (unpaired) electrons. The summed E-state index contributed by atoms with van der Waals surface area (Å²) >= 11 is 5.85. The summed E-state index contributed by atoms with van der Waals surface area (Å²) in [7, 11) is 0. The van der Waals surface area contributed by atoms with Gasteiger partial charge in [-0.1, -0.05) is 11.6 Å². The van der Waals surface area contributed by atoms with Crippen molar-refractivity contribution in [3.8, 4) is 0 Å². The van der Waals surface area contributed by atoms with E-state index >= 15 is 0 Å². The number of halogens is 4. The molecular formula is C22H18ClF3N4O2. The van der Waals surface area contributed by atoms with Gasteiger partial charge in [0.05, 0.1) is 22.8 Å². The lowest BCUT2D eigenvalue weighted by atomic mass is 10.00. The number of fused-ring (bicyclic) bond motifs is 1. The zero-order valence-electron chi connectivity index (χ0n) is 17.2. The monoisotopic (exact) mass is 462 g/mol. The summed E-state index contributed by atoms with van der Waals surface area (Å²) in [6.45, 7) is 3.83. The number of hydrogen-bond acceptors (Lipinski definition) is 4. The first-order valence-electron chi connectivity index (χ1n) is 9.76. The van der Waals surface area contributed by atoms with E-state index in [9.17, 15) is 22.8 Å². The van der Waals surface area contributed by atoms with Gasteiger partial charge >= 0.3 is 6.18 Å². The number of hydrogen-bond donors (Lipinski definition) is 0. The van der Waals surface area contributed by atoms with Crippen LogP contribution in [0.2, 0.25) is 5.02 Å². The number of ketones is 1. The Labute approximate surface area is 186 Å². The summed E-state index contributed by atoms with van der Waals surface area (Å²) < 4.78 is 40.7. The molecule has 0 saturated carbocycles. The summed E-state index contributed by atoms with van der Waals surface area (Å²) in [4.78, 5) is 31.5. The fraction of sp³-hybridized carbons (Fsp3) is 0.273. The Morgan fingerprint density at radius 1 is 1.25 bits per heavy atom. The molecule has 10 heteroatoms. The molecule has 0 bridgehead atoms. The minimum Gasteiger partial charge on any atom is -0.305 e. The second-order valence-electron chi connectivity index (χ2n) is 7.68. The molecule has 166 valence electrons. The van der Waals surface area contributed by atoms with Gasteiger partial charge < -0.3 is 4.90 Å². The number of aryl methyl sites for hydroxylation is 1. The number of carbonyl (C=O) groups excluding carboxylic acids is 2. The standard InChI is InChI=1S/C22H18ClF3N4O2/c1-12-5-6-27-10-16(12)19(31)7-14-9-28-30-13(2)11-29(21(32)20(14)30)15-3-4-17(18(23)8-15)22(24,25)26/h3-6,8-10,13H,7,11H2,1-2H3/t13-/m0/s1. The molecule has 1 atom stereocenters. The van der Waals surface area contributed by atoms with Gasteiger partial charge in [0.25, 0.3) is 5.91 Å². The molecular weight excluding hydrogens is 445 g/mol. The number of carbonyl (C=O) groups is 2. The molecule has 2 aromatic heterocycles. The topological polar surface area (TPSA) is 68.1 Å². The maximum atomic E-state index is 13.3. The van der Waals surface area contributed by atoms with E-state index in [2.05, 4.69) is 10.1 Å². The summed E-state index contributed by atoms with van der Waals surface area (Å²) in [5.41, 5.74) is 1.17. The van der Waals surface area contributed by atoms with E-state index in [1.807, 2.05) is 6.92 Å². The Balaban J connectivity index is 1.67. The quantitative estimate of drug-likeness (QED) is 0.517. The minimum absolute atomic E-state index is 0.0536. The molecule has 1 aliphatic rings. The van der Waals surface area contributed by atoms with Crippen molar-refractivity contribution in [1.82, 2.24) is 14.8 Å². The van der Waals surface area contributed by atoms with Crippen LogP contribution in [0, 0.1) is 6.92 Å². The third kappa shape index (κ3) is 3.88. The molecule has 1 aliphatic heterocycles. The number of rotatable bonds is 4. The molecule has 3 aromatic rings. The Kier molecular flexibility index (Phi) is 5.54. The van der Waals surface area contributed by atoms with Crippen molar-refractivity contribution >= 4 is 29.0 Å². The molecule has 0 spiro atoms. The van der Waals surface area contributed by atoms with Crippen molar-refractivity contribution in [2.45, 2.75) is 32.5 Å². The summed E-state index contributed by atoms with van der Waals surface area (Å²) in [5, 5.41) is 3.79. The fourth-order valence-corrected chi connectivity index (χ4v) is 4.08. The average Bonchev–Trinajstić information content (AvgIpc) is 3.14.